The van der Waals surface area contributed by atoms with Gasteiger partial charge in [0.15, 0.2) is 6.61 Å². The number of ether oxygens (including phenoxy) is 2. The summed E-state index contributed by atoms with van der Waals surface area (Å²) in [6.07, 6.45) is -0.373. The van der Waals surface area contributed by atoms with E-state index >= 15 is 0 Å². The first-order valence-electron chi connectivity index (χ1n) is 10.1. The molecule has 2 amide bonds. The summed E-state index contributed by atoms with van der Waals surface area (Å²) >= 11 is 11.8. The molecule has 0 atom stereocenters. The summed E-state index contributed by atoms with van der Waals surface area (Å²) in [5.74, 6) is -1.94. The topological polar surface area (TPSA) is 111 Å². The van der Waals surface area contributed by atoms with Gasteiger partial charge in [0, 0.05) is 17.1 Å². The van der Waals surface area contributed by atoms with Crippen LogP contribution in [-0.2, 0) is 23.9 Å². The van der Waals surface area contributed by atoms with Crippen molar-refractivity contribution >= 4 is 58.3 Å². The summed E-state index contributed by atoms with van der Waals surface area (Å²) in [6.45, 7) is 3.67. The molecule has 0 saturated carbocycles. The number of esters is 2. The molecule has 176 valence electrons. The average Bonchev–Trinajstić information content (AvgIpc) is 2.77. The summed E-state index contributed by atoms with van der Waals surface area (Å²) in [5, 5.41) is 5.82. The van der Waals surface area contributed by atoms with Gasteiger partial charge in [-0.2, -0.15) is 0 Å². The van der Waals surface area contributed by atoms with Crippen LogP contribution in [0.5, 0.6) is 0 Å². The maximum absolute atomic E-state index is 12.0. The highest BCUT2D eigenvalue weighted by Crippen LogP contribution is 2.25. The zero-order chi connectivity index (χ0) is 24.4. The Hall–Kier alpha value is -3.10. The standard InChI is InChI=1S/C23H24Cl2N2O6/c1-14(2)12-33-23(31)15-3-6-17(7-4-15)26-21(29)13-32-22(30)10-9-20(28)27-19-11-16(24)5-8-18(19)25/h3-8,11,14H,9-10,12-13H2,1-2H3,(H,26,29)(H,27,28). The zero-order valence-corrected chi connectivity index (χ0v) is 19.7. The van der Waals surface area contributed by atoms with Crippen molar-refractivity contribution in [3.63, 3.8) is 0 Å². The number of anilines is 2. The van der Waals surface area contributed by atoms with E-state index in [9.17, 15) is 19.2 Å². The van der Waals surface area contributed by atoms with Crippen molar-refractivity contribution in [2.45, 2.75) is 26.7 Å². The quantitative estimate of drug-likeness (QED) is 0.462. The molecule has 10 heteroatoms. The van der Waals surface area contributed by atoms with E-state index in [1.807, 2.05) is 13.8 Å². The van der Waals surface area contributed by atoms with E-state index in [-0.39, 0.29) is 18.8 Å². The van der Waals surface area contributed by atoms with Crippen LogP contribution in [0.15, 0.2) is 42.5 Å². The molecule has 2 aromatic rings. The van der Waals surface area contributed by atoms with Crippen molar-refractivity contribution in [2.75, 3.05) is 23.8 Å². The second-order valence-corrected chi connectivity index (χ2v) is 8.29. The number of benzene rings is 2. The van der Waals surface area contributed by atoms with Crippen molar-refractivity contribution in [1.29, 1.82) is 0 Å². The summed E-state index contributed by atoms with van der Waals surface area (Å²) in [6, 6.07) is 10.7. The summed E-state index contributed by atoms with van der Waals surface area (Å²) in [4.78, 5) is 47.7. The van der Waals surface area contributed by atoms with Crippen LogP contribution in [0.3, 0.4) is 0 Å². The van der Waals surface area contributed by atoms with Gasteiger partial charge in [-0.05, 0) is 48.4 Å². The van der Waals surface area contributed by atoms with E-state index in [0.29, 0.717) is 33.6 Å². The van der Waals surface area contributed by atoms with E-state index in [1.165, 1.54) is 30.3 Å². The van der Waals surface area contributed by atoms with E-state index in [2.05, 4.69) is 10.6 Å². The van der Waals surface area contributed by atoms with Gasteiger partial charge in [0.05, 0.1) is 29.3 Å². The maximum Gasteiger partial charge on any atom is 0.338 e. The summed E-state index contributed by atoms with van der Waals surface area (Å²) in [5.41, 5.74) is 1.12. The Morgan fingerprint density at radius 1 is 0.879 bits per heavy atom. The number of hydrogen-bond acceptors (Lipinski definition) is 6. The van der Waals surface area contributed by atoms with Crippen LogP contribution in [0.4, 0.5) is 11.4 Å². The SMILES string of the molecule is CC(C)COC(=O)c1ccc(NC(=O)COC(=O)CCC(=O)Nc2cc(Cl)ccc2Cl)cc1. The maximum atomic E-state index is 12.0. The molecule has 0 spiro atoms. The molecule has 0 unspecified atom stereocenters. The van der Waals surface area contributed by atoms with Gasteiger partial charge in [0.1, 0.15) is 0 Å². The van der Waals surface area contributed by atoms with Crippen LogP contribution in [-0.4, -0.2) is 37.0 Å². The van der Waals surface area contributed by atoms with Gasteiger partial charge in [-0.3, -0.25) is 14.4 Å². The largest absolute Gasteiger partial charge is 0.462 e. The van der Waals surface area contributed by atoms with Gasteiger partial charge in [0.2, 0.25) is 5.91 Å². The molecule has 2 N–H and O–H groups in total. The Bertz CT molecular complexity index is 1010. The smallest absolute Gasteiger partial charge is 0.338 e. The number of nitrogens with one attached hydrogen (secondary N) is 2. The van der Waals surface area contributed by atoms with Gasteiger partial charge >= 0.3 is 11.9 Å². The number of amides is 2. The lowest BCUT2D eigenvalue weighted by molar-refractivity contribution is -0.147. The molecular formula is C23H24Cl2N2O6. The van der Waals surface area contributed by atoms with Crippen LogP contribution in [0.1, 0.15) is 37.0 Å². The Morgan fingerprint density at radius 3 is 2.24 bits per heavy atom. The second kappa shape index (κ2) is 12.8. The minimum Gasteiger partial charge on any atom is -0.462 e. The monoisotopic (exact) mass is 494 g/mol. The van der Waals surface area contributed by atoms with E-state index < -0.39 is 30.4 Å². The molecule has 0 radical (unpaired) electrons. The van der Waals surface area contributed by atoms with Crippen molar-refractivity contribution in [2.24, 2.45) is 5.92 Å². The first kappa shape index (κ1) is 26.2. The van der Waals surface area contributed by atoms with Crippen LogP contribution in [0.2, 0.25) is 10.0 Å². The lowest BCUT2D eigenvalue weighted by Crippen LogP contribution is -2.22. The van der Waals surface area contributed by atoms with Crippen molar-refractivity contribution in [1.82, 2.24) is 0 Å². The lowest BCUT2D eigenvalue weighted by Gasteiger charge is -2.09. The number of carbonyl (C=O) groups is 4. The average molecular weight is 495 g/mol. The molecule has 8 nitrogen and oxygen atoms in total. The summed E-state index contributed by atoms with van der Waals surface area (Å²) < 4.78 is 10.0. The molecule has 2 rings (SSSR count). The van der Waals surface area contributed by atoms with Crippen LogP contribution < -0.4 is 10.6 Å². The fourth-order valence-electron chi connectivity index (χ4n) is 2.45. The van der Waals surface area contributed by atoms with Gasteiger partial charge in [-0.15, -0.1) is 0 Å². The highest BCUT2D eigenvalue weighted by molar-refractivity contribution is 6.35. The minimum atomic E-state index is -0.708. The normalized spacial score (nSPS) is 10.5. The zero-order valence-electron chi connectivity index (χ0n) is 18.2. The number of rotatable bonds is 10. The fraction of sp³-hybridized carbons (Fsp3) is 0.304. The summed E-state index contributed by atoms with van der Waals surface area (Å²) in [7, 11) is 0. The molecule has 0 bridgehead atoms. The van der Waals surface area contributed by atoms with Crippen LogP contribution >= 0.6 is 23.2 Å². The third kappa shape index (κ3) is 9.51. The third-order valence-corrected chi connectivity index (χ3v) is 4.64. The number of hydrogen-bond donors (Lipinski definition) is 2. The van der Waals surface area contributed by atoms with E-state index in [1.54, 1.807) is 12.1 Å². The molecule has 0 aromatic heterocycles. The Morgan fingerprint density at radius 2 is 1.58 bits per heavy atom. The molecular weight excluding hydrogens is 471 g/mol. The molecule has 0 aliphatic heterocycles. The van der Waals surface area contributed by atoms with Gasteiger partial charge in [0.25, 0.3) is 5.91 Å². The highest BCUT2D eigenvalue weighted by atomic mass is 35.5. The van der Waals surface area contributed by atoms with Gasteiger partial charge < -0.3 is 20.1 Å². The highest BCUT2D eigenvalue weighted by Gasteiger charge is 2.13. The molecule has 0 fully saturated rings. The second-order valence-electron chi connectivity index (χ2n) is 7.45. The lowest BCUT2D eigenvalue weighted by atomic mass is 10.2. The molecule has 0 heterocycles. The predicted molar refractivity (Wildman–Crippen MR) is 125 cm³/mol. The van der Waals surface area contributed by atoms with Crippen LogP contribution in [0, 0.1) is 5.92 Å². The Kier molecular flexibility index (Phi) is 10.2. The van der Waals surface area contributed by atoms with Gasteiger partial charge in [-0.25, -0.2) is 4.79 Å². The molecule has 0 aliphatic rings. The Balaban J connectivity index is 1.71. The Labute approximate surface area is 201 Å². The van der Waals surface area contributed by atoms with Crippen molar-refractivity contribution in [3.8, 4) is 0 Å². The predicted octanol–water partition coefficient (Wildman–Crippen LogP) is 4.71. The molecule has 2 aromatic carbocycles. The molecule has 33 heavy (non-hydrogen) atoms. The number of halogens is 2. The van der Waals surface area contributed by atoms with Crippen molar-refractivity contribution in [3.05, 3.63) is 58.1 Å². The van der Waals surface area contributed by atoms with Crippen molar-refractivity contribution < 1.29 is 28.7 Å². The van der Waals surface area contributed by atoms with Crippen LogP contribution in [0.25, 0.3) is 0 Å². The number of carbonyl (C=O) groups excluding carboxylic acids is 4. The fourth-order valence-corrected chi connectivity index (χ4v) is 2.79. The first-order valence-corrected chi connectivity index (χ1v) is 10.9. The third-order valence-electron chi connectivity index (χ3n) is 4.08. The first-order chi connectivity index (χ1) is 15.6. The van der Waals surface area contributed by atoms with E-state index in [0.717, 1.165) is 0 Å². The van der Waals surface area contributed by atoms with Gasteiger partial charge in [-0.1, -0.05) is 37.0 Å². The minimum absolute atomic E-state index is 0.155. The molecule has 0 saturated heterocycles. The van der Waals surface area contributed by atoms with E-state index in [4.69, 9.17) is 32.7 Å². The molecule has 0 aliphatic carbocycles.